The molecule has 5 nitrogen and oxygen atoms in total. The number of hydrogen-bond donors (Lipinski definition) is 1. The zero-order valence-electron chi connectivity index (χ0n) is 10.3. The van der Waals surface area contributed by atoms with E-state index in [1.165, 1.54) is 6.26 Å². The van der Waals surface area contributed by atoms with E-state index in [1.54, 1.807) is 30.3 Å². The maximum absolute atomic E-state index is 11.9. The molecule has 0 bridgehead atoms. The van der Waals surface area contributed by atoms with E-state index in [4.69, 9.17) is 4.74 Å². The maximum atomic E-state index is 11.9. The van der Waals surface area contributed by atoms with Gasteiger partial charge in [0.15, 0.2) is 0 Å². The number of sulfonamides is 1. The van der Waals surface area contributed by atoms with Crippen molar-refractivity contribution in [2.75, 3.05) is 6.61 Å². The van der Waals surface area contributed by atoms with E-state index >= 15 is 0 Å². The number of benzene rings is 1. The Balaban J connectivity index is 2.01. The minimum atomic E-state index is -3.68. The number of carbonyl (C=O) groups is 1. The van der Waals surface area contributed by atoms with Gasteiger partial charge in [0.05, 0.1) is 24.2 Å². The van der Waals surface area contributed by atoms with E-state index in [-0.39, 0.29) is 5.75 Å². The van der Waals surface area contributed by atoms with Gasteiger partial charge in [-0.3, -0.25) is 4.79 Å². The van der Waals surface area contributed by atoms with Crippen LogP contribution in [0.3, 0.4) is 0 Å². The van der Waals surface area contributed by atoms with Gasteiger partial charge < -0.3 is 4.74 Å². The Morgan fingerprint density at radius 1 is 1.26 bits per heavy atom. The minimum absolute atomic E-state index is 0.215. The molecule has 0 unspecified atom stereocenters. The van der Waals surface area contributed by atoms with Gasteiger partial charge in [0, 0.05) is 0 Å². The topological polar surface area (TPSA) is 72.5 Å². The molecule has 0 fully saturated rings. The first kappa shape index (κ1) is 13.6. The van der Waals surface area contributed by atoms with Crippen molar-refractivity contribution in [3.63, 3.8) is 0 Å². The molecule has 1 aliphatic rings. The summed E-state index contributed by atoms with van der Waals surface area (Å²) in [6.45, 7) is 0.563. The van der Waals surface area contributed by atoms with Crippen LogP contribution >= 0.6 is 0 Å². The van der Waals surface area contributed by atoms with Crippen LogP contribution in [0, 0.1) is 0 Å². The Hall–Kier alpha value is -1.82. The van der Waals surface area contributed by atoms with Gasteiger partial charge in [0.2, 0.25) is 10.0 Å². The molecule has 1 amide bonds. The smallest absolute Gasteiger partial charge is 0.263 e. The quantitative estimate of drug-likeness (QED) is 0.903. The number of carbonyl (C=O) groups excluding carboxylic acids is 1. The molecule has 0 atom stereocenters. The van der Waals surface area contributed by atoms with Gasteiger partial charge in [-0.25, -0.2) is 13.1 Å². The zero-order chi connectivity index (χ0) is 13.7. The first-order valence-electron chi connectivity index (χ1n) is 5.96. The highest BCUT2D eigenvalue weighted by molar-refractivity contribution is 7.89. The van der Waals surface area contributed by atoms with Crippen LogP contribution in [0.5, 0.6) is 0 Å². The van der Waals surface area contributed by atoms with Crippen molar-refractivity contribution in [3.8, 4) is 0 Å². The summed E-state index contributed by atoms with van der Waals surface area (Å²) in [5, 5.41) is 0. The second kappa shape index (κ2) is 5.88. The van der Waals surface area contributed by atoms with E-state index in [2.05, 4.69) is 4.72 Å². The van der Waals surface area contributed by atoms with Gasteiger partial charge in [-0.15, -0.1) is 0 Å². The minimum Gasteiger partial charge on any atom is -0.501 e. The van der Waals surface area contributed by atoms with Crippen molar-refractivity contribution in [2.45, 2.75) is 18.6 Å². The molecule has 0 spiro atoms. The normalized spacial score (nSPS) is 15.3. The van der Waals surface area contributed by atoms with Crippen LogP contribution in [0.15, 0.2) is 42.2 Å². The van der Waals surface area contributed by atoms with Crippen molar-refractivity contribution < 1.29 is 17.9 Å². The molecule has 102 valence electrons. The fraction of sp³-hybridized carbons (Fsp3) is 0.308. The van der Waals surface area contributed by atoms with E-state index in [0.29, 0.717) is 24.2 Å². The van der Waals surface area contributed by atoms with Crippen LogP contribution < -0.4 is 4.72 Å². The first-order chi connectivity index (χ1) is 9.07. The van der Waals surface area contributed by atoms with Crippen LogP contribution in [0.2, 0.25) is 0 Å². The van der Waals surface area contributed by atoms with Gasteiger partial charge in [0.25, 0.3) is 5.91 Å². The molecular formula is C13H15NO4S. The second-order valence-corrected chi connectivity index (χ2v) is 6.02. The van der Waals surface area contributed by atoms with Crippen LogP contribution in [-0.2, 0) is 25.3 Å². The molecule has 0 radical (unpaired) electrons. The lowest BCUT2D eigenvalue weighted by atomic mass is 10.1. The van der Waals surface area contributed by atoms with Crippen molar-refractivity contribution in [2.24, 2.45) is 0 Å². The highest BCUT2D eigenvalue weighted by atomic mass is 32.2. The molecule has 1 N–H and O–H groups in total. The average Bonchev–Trinajstić information content (AvgIpc) is 2.39. The van der Waals surface area contributed by atoms with Gasteiger partial charge in [0.1, 0.15) is 0 Å². The number of amides is 1. The number of rotatable bonds is 4. The third-order valence-electron chi connectivity index (χ3n) is 2.67. The van der Waals surface area contributed by atoms with E-state index in [0.717, 1.165) is 6.42 Å². The maximum Gasteiger partial charge on any atom is 0.263 e. The van der Waals surface area contributed by atoms with Crippen molar-refractivity contribution >= 4 is 15.9 Å². The van der Waals surface area contributed by atoms with Crippen LogP contribution in [0.4, 0.5) is 0 Å². The molecule has 6 heteroatoms. The lowest BCUT2D eigenvalue weighted by molar-refractivity contribution is -0.116. The van der Waals surface area contributed by atoms with Crippen molar-refractivity contribution in [3.05, 3.63) is 47.7 Å². The third kappa shape index (κ3) is 4.10. The van der Waals surface area contributed by atoms with E-state index in [1.807, 2.05) is 0 Å². The Labute approximate surface area is 112 Å². The highest BCUT2D eigenvalue weighted by Gasteiger charge is 2.20. The second-order valence-electron chi connectivity index (χ2n) is 4.29. The predicted octanol–water partition coefficient (Wildman–Crippen LogP) is 1.33. The van der Waals surface area contributed by atoms with Crippen LogP contribution in [0.1, 0.15) is 18.4 Å². The predicted molar refractivity (Wildman–Crippen MR) is 70.5 cm³/mol. The number of nitrogens with one attached hydrogen (secondary N) is 1. The summed E-state index contributed by atoms with van der Waals surface area (Å²) in [7, 11) is -3.68. The summed E-state index contributed by atoms with van der Waals surface area (Å²) in [6.07, 6.45) is 2.58. The lowest BCUT2D eigenvalue weighted by Crippen LogP contribution is -2.33. The average molecular weight is 281 g/mol. The van der Waals surface area contributed by atoms with E-state index in [9.17, 15) is 13.2 Å². The highest BCUT2D eigenvalue weighted by Crippen LogP contribution is 2.12. The standard InChI is InChI=1S/C13H15NO4S/c15-13(12-7-4-8-18-9-12)14-19(16,17)10-11-5-2-1-3-6-11/h1-3,5-6,9H,4,7-8,10H2,(H,14,15). The fourth-order valence-electron chi connectivity index (χ4n) is 1.77. The van der Waals surface area contributed by atoms with Crippen LogP contribution in [-0.4, -0.2) is 20.9 Å². The molecule has 0 saturated heterocycles. The van der Waals surface area contributed by atoms with Gasteiger partial charge in [-0.1, -0.05) is 30.3 Å². The molecule has 0 aromatic heterocycles. The molecular weight excluding hydrogens is 266 g/mol. The third-order valence-corrected chi connectivity index (χ3v) is 3.88. The zero-order valence-corrected chi connectivity index (χ0v) is 11.2. The molecule has 1 aromatic rings. The molecule has 1 heterocycles. The Kier molecular flexibility index (Phi) is 4.21. The van der Waals surface area contributed by atoms with Gasteiger partial charge in [-0.2, -0.15) is 0 Å². The summed E-state index contributed by atoms with van der Waals surface area (Å²) in [5.74, 6) is -0.816. The molecule has 1 aromatic carbocycles. The number of hydrogen-bond acceptors (Lipinski definition) is 4. The number of ether oxygens (including phenoxy) is 1. The Bertz CT molecular complexity index is 578. The van der Waals surface area contributed by atoms with Gasteiger partial charge in [-0.05, 0) is 18.4 Å². The monoisotopic (exact) mass is 281 g/mol. The SMILES string of the molecule is O=C(NS(=O)(=O)Cc1ccccc1)C1=COCCC1. The largest absolute Gasteiger partial charge is 0.501 e. The van der Waals surface area contributed by atoms with Gasteiger partial charge >= 0.3 is 0 Å². The van der Waals surface area contributed by atoms with Crippen molar-refractivity contribution in [1.82, 2.24) is 4.72 Å². The summed E-state index contributed by atoms with van der Waals surface area (Å²) in [6, 6.07) is 8.71. The summed E-state index contributed by atoms with van der Waals surface area (Å²) < 4.78 is 30.8. The molecule has 0 saturated carbocycles. The molecule has 1 aliphatic heterocycles. The van der Waals surface area contributed by atoms with Crippen molar-refractivity contribution in [1.29, 1.82) is 0 Å². The molecule has 19 heavy (non-hydrogen) atoms. The first-order valence-corrected chi connectivity index (χ1v) is 7.61. The summed E-state index contributed by atoms with van der Waals surface area (Å²) in [4.78, 5) is 11.8. The lowest BCUT2D eigenvalue weighted by Gasteiger charge is -2.13. The van der Waals surface area contributed by atoms with Crippen LogP contribution in [0.25, 0.3) is 0 Å². The summed E-state index contributed by atoms with van der Waals surface area (Å²) in [5.41, 5.74) is 1.000. The Morgan fingerprint density at radius 2 is 2.00 bits per heavy atom. The fourth-order valence-corrected chi connectivity index (χ4v) is 2.88. The Morgan fingerprint density at radius 3 is 2.63 bits per heavy atom. The molecule has 2 rings (SSSR count). The van der Waals surface area contributed by atoms with E-state index < -0.39 is 15.9 Å². The molecule has 0 aliphatic carbocycles. The summed E-state index contributed by atoms with van der Waals surface area (Å²) >= 11 is 0.